The van der Waals surface area contributed by atoms with Crippen LogP contribution in [0.3, 0.4) is 0 Å². The van der Waals surface area contributed by atoms with Gasteiger partial charge in [0.1, 0.15) is 0 Å². The van der Waals surface area contributed by atoms with Crippen LogP contribution in [0.25, 0.3) is 0 Å². The molecule has 2 aromatic carbocycles. The molecule has 25 heavy (non-hydrogen) atoms. The molecule has 0 atom stereocenters. The fraction of sp³-hybridized carbons (Fsp3) is 0.158. The van der Waals surface area contributed by atoms with Crippen molar-refractivity contribution in [1.82, 2.24) is 15.2 Å². The summed E-state index contributed by atoms with van der Waals surface area (Å²) >= 11 is 0. The van der Waals surface area contributed by atoms with E-state index in [-0.39, 0.29) is 5.78 Å². The molecule has 0 unspecified atom stereocenters. The van der Waals surface area contributed by atoms with Crippen LogP contribution in [0, 0.1) is 13.8 Å². The average Bonchev–Trinajstić information content (AvgIpc) is 2.59. The van der Waals surface area contributed by atoms with Gasteiger partial charge in [-0.3, -0.25) is 4.79 Å². The first-order chi connectivity index (χ1) is 12.0. The van der Waals surface area contributed by atoms with E-state index < -0.39 is 0 Å². The molecule has 2 N–H and O–H groups in total. The molecular weight excluding hydrogens is 314 g/mol. The average molecular weight is 333 g/mol. The molecule has 3 aromatic rings. The van der Waals surface area contributed by atoms with Crippen LogP contribution in [0.15, 0.2) is 48.7 Å². The van der Waals surface area contributed by atoms with Crippen molar-refractivity contribution in [2.45, 2.75) is 20.8 Å². The number of nitrogens with zero attached hydrogens (tertiary/aromatic N) is 3. The van der Waals surface area contributed by atoms with E-state index >= 15 is 0 Å². The van der Waals surface area contributed by atoms with E-state index in [1.165, 1.54) is 6.92 Å². The lowest BCUT2D eigenvalue weighted by Crippen LogP contribution is -2.04. The summed E-state index contributed by atoms with van der Waals surface area (Å²) < 4.78 is 0. The van der Waals surface area contributed by atoms with E-state index in [0.717, 1.165) is 22.5 Å². The summed E-state index contributed by atoms with van der Waals surface area (Å²) in [5.41, 5.74) is 4.73. The van der Waals surface area contributed by atoms with Gasteiger partial charge >= 0.3 is 0 Å². The lowest BCUT2D eigenvalue weighted by atomic mass is 10.1. The topological polar surface area (TPSA) is 79.8 Å². The molecule has 0 bridgehead atoms. The Bertz CT molecular complexity index is 886. The van der Waals surface area contributed by atoms with Crippen molar-refractivity contribution in [3.05, 3.63) is 65.4 Å². The molecule has 0 aliphatic rings. The molecule has 0 amide bonds. The van der Waals surface area contributed by atoms with Crippen LogP contribution < -0.4 is 10.6 Å². The molecule has 0 fully saturated rings. The number of benzene rings is 2. The molecule has 1 heterocycles. The normalized spacial score (nSPS) is 10.4. The first kappa shape index (κ1) is 16.6. The predicted molar refractivity (Wildman–Crippen MR) is 98.8 cm³/mol. The van der Waals surface area contributed by atoms with Crippen LogP contribution in [-0.2, 0) is 0 Å². The standard InChI is InChI=1S/C19H19N5O/c1-12-5-4-6-13(2)18(12)22-17-11-20-24-19(23-17)21-16-9-7-15(8-10-16)14(3)25/h4-11H,1-3H3,(H2,21,22,23,24). The lowest BCUT2D eigenvalue weighted by molar-refractivity contribution is 0.101. The minimum atomic E-state index is 0.0317. The summed E-state index contributed by atoms with van der Waals surface area (Å²) in [7, 11) is 0. The number of nitrogens with one attached hydrogen (secondary N) is 2. The zero-order chi connectivity index (χ0) is 17.8. The second kappa shape index (κ2) is 7.09. The monoisotopic (exact) mass is 333 g/mol. The molecule has 0 aliphatic heterocycles. The molecule has 1 aromatic heterocycles. The number of hydrogen-bond acceptors (Lipinski definition) is 6. The maximum absolute atomic E-state index is 11.3. The van der Waals surface area contributed by atoms with Gasteiger partial charge in [-0.1, -0.05) is 18.2 Å². The third kappa shape index (κ3) is 3.98. The van der Waals surface area contributed by atoms with Gasteiger partial charge in [-0.2, -0.15) is 10.1 Å². The number of para-hydroxylation sites is 1. The number of hydrogen-bond donors (Lipinski definition) is 2. The van der Waals surface area contributed by atoms with Gasteiger partial charge in [-0.05, 0) is 56.2 Å². The highest BCUT2D eigenvalue weighted by Crippen LogP contribution is 2.23. The SMILES string of the molecule is CC(=O)c1ccc(Nc2nncc(Nc3c(C)cccc3C)n2)cc1. The van der Waals surface area contributed by atoms with Crippen LogP contribution in [0.4, 0.5) is 23.1 Å². The Morgan fingerprint density at radius 1 is 0.960 bits per heavy atom. The summed E-state index contributed by atoms with van der Waals surface area (Å²) in [6, 6.07) is 13.2. The highest BCUT2D eigenvalue weighted by Gasteiger charge is 2.06. The van der Waals surface area contributed by atoms with Crippen molar-refractivity contribution in [3.63, 3.8) is 0 Å². The van der Waals surface area contributed by atoms with Gasteiger partial charge in [0, 0.05) is 16.9 Å². The van der Waals surface area contributed by atoms with Gasteiger partial charge in [0.25, 0.3) is 0 Å². The minimum Gasteiger partial charge on any atom is -0.338 e. The van der Waals surface area contributed by atoms with Crippen LogP contribution in [0.1, 0.15) is 28.4 Å². The molecule has 0 radical (unpaired) electrons. The Labute approximate surface area is 146 Å². The van der Waals surface area contributed by atoms with E-state index in [2.05, 4.69) is 25.8 Å². The van der Waals surface area contributed by atoms with Crippen molar-refractivity contribution in [2.24, 2.45) is 0 Å². The van der Waals surface area contributed by atoms with Gasteiger partial charge in [-0.25, -0.2) is 0 Å². The number of aromatic nitrogens is 3. The molecule has 0 saturated heterocycles. The maximum atomic E-state index is 11.3. The predicted octanol–water partition coefficient (Wildman–Crippen LogP) is 4.18. The number of carbonyl (C=O) groups excluding carboxylic acids is 1. The first-order valence-electron chi connectivity index (χ1n) is 7.94. The lowest BCUT2D eigenvalue weighted by Gasteiger charge is -2.12. The van der Waals surface area contributed by atoms with Gasteiger partial charge < -0.3 is 10.6 Å². The summed E-state index contributed by atoms with van der Waals surface area (Å²) in [5, 5.41) is 14.4. The Kier molecular flexibility index (Phi) is 4.70. The first-order valence-corrected chi connectivity index (χ1v) is 7.94. The highest BCUT2D eigenvalue weighted by molar-refractivity contribution is 5.94. The fourth-order valence-electron chi connectivity index (χ4n) is 2.47. The van der Waals surface area contributed by atoms with E-state index in [0.29, 0.717) is 17.3 Å². The van der Waals surface area contributed by atoms with E-state index in [1.54, 1.807) is 18.3 Å². The smallest absolute Gasteiger partial charge is 0.249 e. The van der Waals surface area contributed by atoms with Gasteiger partial charge in [0.05, 0.1) is 6.20 Å². The number of aryl methyl sites for hydroxylation is 2. The summed E-state index contributed by atoms with van der Waals surface area (Å²) in [6.45, 7) is 5.62. The molecule has 3 rings (SSSR count). The van der Waals surface area contributed by atoms with E-state index in [9.17, 15) is 4.79 Å². The molecule has 0 saturated carbocycles. The summed E-state index contributed by atoms with van der Waals surface area (Å²) in [6.07, 6.45) is 1.58. The van der Waals surface area contributed by atoms with E-state index in [4.69, 9.17) is 0 Å². The highest BCUT2D eigenvalue weighted by atomic mass is 16.1. The molecule has 0 aliphatic carbocycles. The molecule has 126 valence electrons. The maximum Gasteiger partial charge on any atom is 0.249 e. The second-order valence-corrected chi connectivity index (χ2v) is 5.82. The number of carbonyl (C=O) groups is 1. The van der Waals surface area contributed by atoms with Gasteiger partial charge in [-0.15, -0.1) is 5.10 Å². The summed E-state index contributed by atoms with van der Waals surface area (Å²) in [5.74, 6) is 1.02. The Hall–Kier alpha value is -3.28. The largest absolute Gasteiger partial charge is 0.338 e. The molecule has 6 heteroatoms. The fourth-order valence-corrected chi connectivity index (χ4v) is 2.47. The quantitative estimate of drug-likeness (QED) is 0.682. The number of anilines is 4. The van der Waals surface area contributed by atoms with Crippen molar-refractivity contribution in [1.29, 1.82) is 0 Å². The van der Waals surface area contributed by atoms with Gasteiger partial charge in [0.15, 0.2) is 11.6 Å². The van der Waals surface area contributed by atoms with Crippen LogP contribution in [-0.4, -0.2) is 21.0 Å². The van der Waals surface area contributed by atoms with Crippen LogP contribution in [0.5, 0.6) is 0 Å². The van der Waals surface area contributed by atoms with E-state index in [1.807, 2.05) is 44.2 Å². The molecule has 6 nitrogen and oxygen atoms in total. The van der Waals surface area contributed by atoms with Gasteiger partial charge in [0.2, 0.25) is 5.95 Å². The molecule has 0 spiro atoms. The minimum absolute atomic E-state index is 0.0317. The van der Waals surface area contributed by atoms with Crippen LogP contribution in [0.2, 0.25) is 0 Å². The third-order valence-corrected chi connectivity index (χ3v) is 3.84. The van der Waals surface area contributed by atoms with Crippen molar-refractivity contribution in [2.75, 3.05) is 10.6 Å². The Morgan fingerprint density at radius 3 is 2.28 bits per heavy atom. The van der Waals surface area contributed by atoms with Crippen molar-refractivity contribution < 1.29 is 4.79 Å². The number of Topliss-reactive ketones (excluding diaryl/α,β-unsaturated/α-hetero) is 1. The molecular formula is C19H19N5O. The zero-order valence-corrected chi connectivity index (χ0v) is 14.4. The number of ketones is 1. The number of rotatable bonds is 5. The second-order valence-electron chi connectivity index (χ2n) is 5.82. The van der Waals surface area contributed by atoms with Crippen LogP contribution >= 0.6 is 0 Å². The van der Waals surface area contributed by atoms with Crippen molar-refractivity contribution in [3.8, 4) is 0 Å². The Morgan fingerprint density at radius 2 is 1.64 bits per heavy atom. The summed E-state index contributed by atoms with van der Waals surface area (Å²) in [4.78, 5) is 15.8. The Balaban J connectivity index is 1.78. The van der Waals surface area contributed by atoms with Crippen molar-refractivity contribution >= 4 is 28.9 Å². The zero-order valence-electron chi connectivity index (χ0n) is 14.4. The third-order valence-electron chi connectivity index (χ3n) is 3.84.